The number of nitrogens with one attached hydrogen (secondary N) is 1. The fourth-order valence-electron chi connectivity index (χ4n) is 1.51. The summed E-state index contributed by atoms with van der Waals surface area (Å²) in [7, 11) is 0. The number of hydrogen-bond donors (Lipinski definition) is 1. The van der Waals surface area contributed by atoms with Gasteiger partial charge in [-0.25, -0.2) is 0 Å². The minimum Gasteiger partial charge on any atom is -0.466 e. The highest BCUT2D eigenvalue weighted by Crippen LogP contribution is 2.02. The van der Waals surface area contributed by atoms with Crippen LogP contribution in [0.25, 0.3) is 0 Å². The fraction of sp³-hybridized carbons (Fsp3) is 0.0667. The molecule has 0 atom stereocenters. The molecule has 19 heavy (non-hydrogen) atoms. The van der Waals surface area contributed by atoms with Gasteiger partial charge in [0.15, 0.2) is 0 Å². The van der Waals surface area contributed by atoms with Gasteiger partial charge >= 0.3 is 0 Å². The number of benzene rings is 2. The van der Waals surface area contributed by atoms with Crippen molar-refractivity contribution in [3.05, 3.63) is 71.8 Å². The highest BCUT2D eigenvalue weighted by atomic mass is 32.1. The first-order valence-corrected chi connectivity index (χ1v) is 6.23. The molecule has 0 aliphatic carbocycles. The molecule has 0 saturated carbocycles. The minimum atomic E-state index is -0.265. The third-order valence-corrected chi connectivity index (χ3v) is 2.68. The van der Waals surface area contributed by atoms with E-state index in [4.69, 9.17) is 17.0 Å². The zero-order chi connectivity index (χ0) is 13.5. The van der Waals surface area contributed by atoms with E-state index >= 15 is 0 Å². The first kappa shape index (κ1) is 13.2. The predicted molar refractivity (Wildman–Crippen MR) is 77.7 cm³/mol. The molecule has 0 aromatic heterocycles. The van der Waals surface area contributed by atoms with E-state index in [9.17, 15) is 4.79 Å². The number of thiocarbonyl (C=S) groups is 1. The number of amides is 1. The Labute approximate surface area is 117 Å². The number of carbonyl (C=O) groups excluding carboxylic acids is 1. The van der Waals surface area contributed by atoms with Gasteiger partial charge in [-0.3, -0.25) is 10.1 Å². The van der Waals surface area contributed by atoms with Crippen molar-refractivity contribution >= 4 is 23.3 Å². The molecular formula is C15H13NO2S. The van der Waals surface area contributed by atoms with Gasteiger partial charge < -0.3 is 4.74 Å². The average Bonchev–Trinajstić information content (AvgIpc) is 2.47. The molecule has 0 aliphatic heterocycles. The fourth-order valence-corrected chi connectivity index (χ4v) is 1.67. The normalized spacial score (nSPS) is 9.68. The lowest BCUT2D eigenvalue weighted by molar-refractivity contribution is 0.0966. The summed E-state index contributed by atoms with van der Waals surface area (Å²) in [6, 6.07) is 18.5. The van der Waals surface area contributed by atoms with E-state index in [1.54, 1.807) is 24.3 Å². The molecule has 0 unspecified atom stereocenters. The molecule has 0 radical (unpaired) electrons. The molecule has 4 heteroatoms. The molecule has 0 heterocycles. The summed E-state index contributed by atoms with van der Waals surface area (Å²) in [5.74, 6) is -0.265. The maximum absolute atomic E-state index is 11.8. The van der Waals surface area contributed by atoms with Crippen molar-refractivity contribution < 1.29 is 9.53 Å². The summed E-state index contributed by atoms with van der Waals surface area (Å²) < 4.78 is 5.32. The van der Waals surface area contributed by atoms with Gasteiger partial charge in [0.25, 0.3) is 11.1 Å². The first-order valence-electron chi connectivity index (χ1n) is 5.83. The molecule has 0 spiro atoms. The van der Waals surface area contributed by atoms with E-state index in [2.05, 4.69) is 5.32 Å². The second-order valence-corrected chi connectivity index (χ2v) is 4.25. The van der Waals surface area contributed by atoms with E-state index in [1.807, 2.05) is 36.4 Å². The smallest absolute Gasteiger partial charge is 0.264 e. The van der Waals surface area contributed by atoms with E-state index in [-0.39, 0.29) is 11.1 Å². The van der Waals surface area contributed by atoms with Crippen molar-refractivity contribution in [2.45, 2.75) is 6.61 Å². The Morgan fingerprint density at radius 1 is 1.00 bits per heavy atom. The van der Waals surface area contributed by atoms with Crippen LogP contribution in [-0.2, 0) is 11.3 Å². The lowest BCUT2D eigenvalue weighted by atomic mass is 10.2. The molecular weight excluding hydrogens is 258 g/mol. The number of carbonyl (C=O) groups is 1. The van der Waals surface area contributed by atoms with Crippen LogP contribution < -0.4 is 5.32 Å². The van der Waals surface area contributed by atoms with Gasteiger partial charge in [-0.2, -0.15) is 0 Å². The zero-order valence-corrected chi connectivity index (χ0v) is 11.0. The molecule has 96 valence electrons. The molecule has 1 amide bonds. The first-order chi connectivity index (χ1) is 9.25. The average molecular weight is 271 g/mol. The van der Waals surface area contributed by atoms with Crippen LogP contribution in [-0.4, -0.2) is 11.1 Å². The van der Waals surface area contributed by atoms with Crippen molar-refractivity contribution in [1.29, 1.82) is 0 Å². The van der Waals surface area contributed by atoms with E-state index in [1.165, 1.54) is 0 Å². The maximum atomic E-state index is 11.8. The lowest BCUT2D eigenvalue weighted by Gasteiger charge is -2.08. The predicted octanol–water partition coefficient (Wildman–Crippen LogP) is 2.92. The van der Waals surface area contributed by atoms with Crippen LogP contribution in [0.4, 0.5) is 0 Å². The molecule has 0 aliphatic rings. The Kier molecular flexibility index (Phi) is 4.64. The second kappa shape index (κ2) is 6.66. The molecule has 0 fully saturated rings. The van der Waals surface area contributed by atoms with Crippen LogP contribution >= 0.6 is 12.2 Å². The van der Waals surface area contributed by atoms with Crippen LogP contribution in [0.15, 0.2) is 60.7 Å². The highest BCUT2D eigenvalue weighted by Gasteiger charge is 2.07. The van der Waals surface area contributed by atoms with E-state index in [0.29, 0.717) is 12.2 Å². The SMILES string of the molecule is O=C(NC(=S)OCc1ccccc1)c1ccccc1. The minimum absolute atomic E-state index is 0.0812. The number of rotatable bonds is 3. The Hall–Kier alpha value is -2.20. The Bertz CT molecular complexity index is 555. The summed E-state index contributed by atoms with van der Waals surface area (Å²) in [5.41, 5.74) is 1.55. The topological polar surface area (TPSA) is 38.3 Å². The molecule has 0 saturated heterocycles. The second-order valence-electron chi connectivity index (χ2n) is 3.88. The number of ether oxygens (including phenoxy) is 1. The van der Waals surface area contributed by atoms with Crippen molar-refractivity contribution in [2.24, 2.45) is 0 Å². The standard InChI is InChI=1S/C15H13NO2S/c17-14(13-9-5-2-6-10-13)16-15(19)18-11-12-7-3-1-4-8-12/h1-10H,11H2,(H,16,17,19). The molecule has 3 nitrogen and oxygen atoms in total. The Morgan fingerprint density at radius 3 is 2.21 bits per heavy atom. The molecule has 1 N–H and O–H groups in total. The van der Waals surface area contributed by atoms with Crippen LogP contribution in [0.2, 0.25) is 0 Å². The summed E-state index contributed by atoms with van der Waals surface area (Å²) in [5, 5.41) is 2.62. The van der Waals surface area contributed by atoms with Gasteiger partial charge in [0, 0.05) is 5.56 Å². The van der Waals surface area contributed by atoms with Crippen molar-refractivity contribution in [1.82, 2.24) is 5.32 Å². The van der Waals surface area contributed by atoms with Gasteiger partial charge in [-0.05, 0) is 29.9 Å². The lowest BCUT2D eigenvalue weighted by Crippen LogP contribution is -2.30. The summed E-state index contributed by atoms with van der Waals surface area (Å²) >= 11 is 4.98. The summed E-state index contributed by atoms with van der Waals surface area (Å²) in [4.78, 5) is 11.8. The summed E-state index contributed by atoms with van der Waals surface area (Å²) in [6.07, 6.45) is 0. The zero-order valence-electron chi connectivity index (χ0n) is 10.2. The molecule has 0 bridgehead atoms. The van der Waals surface area contributed by atoms with E-state index < -0.39 is 0 Å². The van der Waals surface area contributed by atoms with Crippen molar-refractivity contribution in [3.63, 3.8) is 0 Å². The van der Waals surface area contributed by atoms with Crippen LogP contribution in [0, 0.1) is 0 Å². The van der Waals surface area contributed by atoms with Crippen LogP contribution in [0.5, 0.6) is 0 Å². The number of hydrogen-bond acceptors (Lipinski definition) is 3. The summed E-state index contributed by atoms with van der Waals surface area (Å²) in [6.45, 7) is 0.342. The third kappa shape index (κ3) is 4.19. The molecule has 2 rings (SSSR count). The van der Waals surface area contributed by atoms with Gasteiger partial charge in [-0.15, -0.1) is 0 Å². The third-order valence-electron chi connectivity index (χ3n) is 2.46. The monoisotopic (exact) mass is 271 g/mol. The Balaban J connectivity index is 1.83. The largest absolute Gasteiger partial charge is 0.466 e. The molecule has 2 aromatic carbocycles. The Morgan fingerprint density at radius 2 is 1.58 bits per heavy atom. The maximum Gasteiger partial charge on any atom is 0.264 e. The quantitative estimate of drug-likeness (QED) is 0.872. The molecule has 2 aromatic rings. The highest BCUT2D eigenvalue weighted by molar-refractivity contribution is 7.80. The van der Waals surface area contributed by atoms with Gasteiger partial charge in [0.05, 0.1) is 0 Å². The van der Waals surface area contributed by atoms with Gasteiger partial charge in [-0.1, -0.05) is 48.5 Å². The van der Waals surface area contributed by atoms with Crippen molar-refractivity contribution in [2.75, 3.05) is 0 Å². The van der Waals surface area contributed by atoms with Crippen LogP contribution in [0.1, 0.15) is 15.9 Å². The van der Waals surface area contributed by atoms with Crippen molar-refractivity contribution in [3.8, 4) is 0 Å². The van der Waals surface area contributed by atoms with E-state index in [0.717, 1.165) is 5.56 Å². The van der Waals surface area contributed by atoms with Crippen LogP contribution in [0.3, 0.4) is 0 Å². The van der Waals surface area contributed by atoms with Gasteiger partial charge in [0.1, 0.15) is 6.61 Å². The van der Waals surface area contributed by atoms with Gasteiger partial charge in [0.2, 0.25) is 0 Å².